The van der Waals surface area contributed by atoms with Gasteiger partial charge in [0.15, 0.2) is 6.20 Å². The number of aryl methyl sites for hydroxylation is 1. The molecule has 0 unspecified atom stereocenters. The lowest BCUT2D eigenvalue weighted by Gasteiger charge is -2.17. The van der Waals surface area contributed by atoms with Gasteiger partial charge in [0.25, 0.3) is 0 Å². The molecule has 110 valence electrons. The smallest absolute Gasteiger partial charge is 0.218 e. The number of hydrogen-bond donors (Lipinski definition) is 0. The Balaban J connectivity index is 0.000000282. The molecule has 0 aliphatic rings. The molecule has 5 nitrogen and oxygen atoms in total. The van der Waals surface area contributed by atoms with Gasteiger partial charge in [0.1, 0.15) is 0 Å². The van der Waals surface area contributed by atoms with E-state index < -0.39 is 10.2 Å². The number of rotatable bonds is 0. The zero-order chi connectivity index (χ0) is 15.6. The van der Waals surface area contributed by atoms with E-state index in [1.807, 2.05) is 12.1 Å². The van der Waals surface area contributed by atoms with Gasteiger partial charge in [0.05, 0.1) is 0 Å². The summed E-state index contributed by atoms with van der Waals surface area (Å²) in [5, 5.41) is 1.94. The summed E-state index contributed by atoms with van der Waals surface area (Å²) >= 11 is 5.99. The SMILES string of the molecule is Cc1ccc[n+]2c1ccc1cc(Cl)ccc12.[O-][Cl+3]([O-])([O-])[O-]. The number of aromatic nitrogens is 1. The average Bonchev–Trinajstić information content (AvgIpc) is 2.36. The van der Waals surface area contributed by atoms with E-state index in [4.69, 9.17) is 30.2 Å². The highest BCUT2D eigenvalue weighted by molar-refractivity contribution is 6.31. The Morgan fingerprint density at radius 2 is 1.57 bits per heavy atom. The summed E-state index contributed by atoms with van der Waals surface area (Å²) < 4.78 is 36.2. The largest absolute Gasteiger partial charge is 0.222 e. The van der Waals surface area contributed by atoms with Gasteiger partial charge in [-0.1, -0.05) is 11.6 Å². The summed E-state index contributed by atoms with van der Waals surface area (Å²) in [7, 11) is -4.94. The molecule has 21 heavy (non-hydrogen) atoms. The van der Waals surface area contributed by atoms with Crippen LogP contribution in [0.2, 0.25) is 5.02 Å². The molecule has 0 N–H and O–H groups in total. The van der Waals surface area contributed by atoms with E-state index in [1.54, 1.807) is 0 Å². The van der Waals surface area contributed by atoms with Gasteiger partial charge in [-0.15, -0.1) is 10.2 Å². The van der Waals surface area contributed by atoms with E-state index in [2.05, 4.69) is 47.9 Å². The maximum atomic E-state index is 8.49. The van der Waals surface area contributed by atoms with Crippen molar-refractivity contribution in [2.24, 2.45) is 0 Å². The highest BCUT2D eigenvalue weighted by atomic mass is 35.7. The van der Waals surface area contributed by atoms with Crippen LogP contribution in [0.1, 0.15) is 5.56 Å². The summed E-state index contributed by atoms with van der Waals surface area (Å²) in [5.74, 6) is 0. The van der Waals surface area contributed by atoms with Crippen LogP contribution < -0.4 is 23.0 Å². The first-order chi connectivity index (χ1) is 9.75. The van der Waals surface area contributed by atoms with Crippen molar-refractivity contribution in [2.45, 2.75) is 6.92 Å². The van der Waals surface area contributed by atoms with E-state index in [-0.39, 0.29) is 0 Å². The second-order valence-corrected chi connectivity index (χ2v) is 5.55. The number of pyridine rings is 2. The second-order valence-electron chi connectivity index (χ2n) is 4.36. The Morgan fingerprint density at radius 3 is 2.24 bits per heavy atom. The Labute approximate surface area is 128 Å². The Bertz CT molecular complexity index is 781. The number of nitrogens with zero attached hydrogens (tertiary/aromatic N) is 1. The zero-order valence-electron chi connectivity index (χ0n) is 11.0. The summed E-state index contributed by atoms with van der Waals surface area (Å²) in [4.78, 5) is 0. The predicted octanol–water partition coefficient (Wildman–Crippen LogP) is -1.22. The summed E-state index contributed by atoms with van der Waals surface area (Å²) in [6.07, 6.45) is 2.08. The lowest BCUT2D eigenvalue weighted by Crippen LogP contribution is -2.68. The maximum absolute atomic E-state index is 8.49. The fraction of sp³-hybridized carbons (Fsp3) is 0.0714. The van der Waals surface area contributed by atoms with Crippen LogP contribution in [0.15, 0.2) is 48.7 Å². The molecule has 0 amide bonds. The lowest BCUT2D eigenvalue weighted by atomic mass is 10.1. The Kier molecular flexibility index (Phi) is 4.63. The van der Waals surface area contributed by atoms with Crippen LogP contribution in [0.25, 0.3) is 16.4 Å². The highest BCUT2D eigenvalue weighted by Gasteiger charge is 2.09. The van der Waals surface area contributed by atoms with Gasteiger partial charge < -0.3 is 0 Å². The van der Waals surface area contributed by atoms with E-state index in [9.17, 15) is 0 Å². The molecule has 0 bridgehead atoms. The first-order valence-electron chi connectivity index (χ1n) is 5.87. The molecule has 0 saturated carbocycles. The standard InChI is InChI=1S/C14H11ClN.ClHO4/c1-10-3-2-8-16-13(10)6-4-11-9-12(15)5-7-14(11)16;2-1(3,4)5/h2-9H,1H3;(H,2,3,4,5)/q+1;/p-1. The average molecular weight is 328 g/mol. The van der Waals surface area contributed by atoms with Crippen LogP contribution in [0.4, 0.5) is 0 Å². The lowest BCUT2D eigenvalue weighted by molar-refractivity contribution is -2.00. The van der Waals surface area contributed by atoms with Crippen molar-refractivity contribution < 1.29 is 33.3 Å². The first kappa shape index (κ1) is 15.9. The van der Waals surface area contributed by atoms with Crippen LogP contribution in [0, 0.1) is 17.2 Å². The number of halogens is 2. The molecule has 0 aliphatic carbocycles. The number of hydrogen-bond acceptors (Lipinski definition) is 4. The summed E-state index contributed by atoms with van der Waals surface area (Å²) in [6, 6.07) is 14.4. The molecule has 7 heteroatoms. The minimum Gasteiger partial charge on any atom is -0.222 e. The fourth-order valence-electron chi connectivity index (χ4n) is 2.10. The molecule has 3 rings (SSSR count). The van der Waals surface area contributed by atoms with E-state index in [0.29, 0.717) is 0 Å². The van der Waals surface area contributed by atoms with Crippen molar-refractivity contribution in [2.75, 3.05) is 0 Å². The Morgan fingerprint density at radius 1 is 0.952 bits per heavy atom. The quantitative estimate of drug-likeness (QED) is 0.382. The van der Waals surface area contributed by atoms with Crippen molar-refractivity contribution in [3.63, 3.8) is 0 Å². The van der Waals surface area contributed by atoms with Crippen molar-refractivity contribution in [1.29, 1.82) is 0 Å². The van der Waals surface area contributed by atoms with Gasteiger partial charge in [-0.2, -0.15) is 4.40 Å². The van der Waals surface area contributed by atoms with E-state index in [0.717, 1.165) is 10.4 Å². The molecule has 3 aromatic rings. The van der Waals surface area contributed by atoms with Crippen molar-refractivity contribution >= 4 is 28.0 Å². The van der Waals surface area contributed by atoms with E-state index >= 15 is 0 Å². The van der Waals surface area contributed by atoms with Gasteiger partial charge in [0, 0.05) is 34.2 Å². The van der Waals surface area contributed by atoms with Crippen LogP contribution in [-0.4, -0.2) is 0 Å². The fourth-order valence-corrected chi connectivity index (χ4v) is 2.28. The summed E-state index contributed by atoms with van der Waals surface area (Å²) in [5.41, 5.74) is 3.70. The number of fused-ring (bicyclic) bond motifs is 3. The van der Waals surface area contributed by atoms with Crippen molar-refractivity contribution in [3.8, 4) is 0 Å². The third-order valence-corrected chi connectivity index (χ3v) is 3.15. The highest BCUT2D eigenvalue weighted by Crippen LogP contribution is 2.18. The van der Waals surface area contributed by atoms with Gasteiger partial charge in [0.2, 0.25) is 11.0 Å². The molecule has 2 heterocycles. The normalized spacial score (nSPS) is 11.3. The molecular formula is C14H11Cl2NO4. The summed E-state index contributed by atoms with van der Waals surface area (Å²) in [6.45, 7) is 2.12. The van der Waals surface area contributed by atoms with Gasteiger partial charge in [-0.25, -0.2) is 18.6 Å². The third-order valence-electron chi connectivity index (χ3n) is 2.91. The minimum atomic E-state index is -4.94. The zero-order valence-corrected chi connectivity index (χ0v) is 12.5. The predicted molar refractivity (Wildman–Crippen MR) is 66.9 cm³/mol. The van der Waals surface area contributed by atoms with Crippen LogP contribution in [0.5, 0.6) is 0 Å². The molecule has 0 radical (unpaired) electrons. The maximum Gasteiger partial charge on any atom is 0.218 e. The molecule has 2 aromatic heterocycles. The molecule has 0 fully saturated rings. The molecular weight excluding hydrogens is 317 g/mol. The first-order valence-corrected chi connectivity index (χ1v) is 7.48. The molecule has 0 atom stereocenters. The molecule has 1 aromatic carbocycles. The van der Waals surface area contributed by atoms with Gasteiger partial charge >= 0.3 is 0 Å². The molecule has 0 aliphatic heterocycles. The van der Waals surface area contributed by atoms with Gasteiger partial charge in [-0.05, 0) is 31.2 Å². The monoisotopic (exact) mass is 327 g/mol. The Hall–Kier alpha value is -1.47. The van der Waals surface area contributed by atoms with Crippen LogP contribution >= 0.6 is 11.6 Å². The molecule has 0 saturated heterocycles. The van der Waals surface area contributed by atoms with Crippen molar-refractivity contribution in [3.05, 3.63) is 59.2 Å². The molecule has 0 spiro atoms. The van der Waals surface area contributed by atoms with E-state index in [1.165, 1.54) is 16.6 Å². The van der Waals surface area contributed by atoms with Crippen molar-refractivity contribution in [1.82, 2.24) is 0 Å². The third kappa shape index (κ3) is 4.25. The van der Waals surface area contributed by atoms with Gasteiger partial charge in [-0.3, -0.25) is 0 Å². The topological polar surface area (TPSA) is 96.3 Å². The van der Waals surface area contributed by atoms with Crippen LogP contribution in [0.3, 0.4) is 0 Å². The minimum absolute atomic E-state index is 0.778. The number of benzene rings is 1. The second kappa shape index (κ2) is 6.11. The van der Waals surface area contributed by atoms with Crippen LogP contribution in [-0.2, 0) is 0 Å².